The fourth-order valence-corrected chi connectivity index (χ4v) is 1.55. The van der Waals surface area contributed by atoms with Crippen LogP contribution in [0.1, 0.15) is 5.56 Å². The zero-order valence-electron chi connectivity index (χ0n) is 11.3. The second kappa shape index (κ2) is 7.11. The van der Waals surface area contributed by atoms with Crippen molar-refractivity contribution in [2.24, 2.45) is 0 Å². The van der Waals surface area contributed by atoms with Crippen molar-refractivity contribution in [1.82, 2.24) is 5.32 Å². The molecule has 1 aromatic rings. The van der Waals surface area contributed by atoms with Crippen LogP contribution in [0.15, 0.2) is 18.2 Å². The highest BCUT2D eigenvalue weighted by molar-refractivity contribution is 6.39. The molecule has 104 valence electrons. The predicted octanol–water partition coefficient (Wildman–Crippen LogP) is -0.152. The third-order valence-electron chi connectivity index (χ3n) is 2.55. The molecule has 0 fully saturated rings. The fourth-order valence-electron chi connectivity index (χ4n) is 1.36. The van der Waals surface area contributed by atoms with E-state index in [1.807, 2.05) is 21.0 Å². The van der Waals surface area contributed by atoms with Crippen LogP contribution in [0.3, 0.4) is 0 Å². The molecule has 1 aromatic carbocycles. The van der Waals surface area contributed by atoms with Gasteiger partial charge in [0, 0.05) is 10.7 Å². The third kappa shape index (κ3) is 5.28. The Balaban J connectivity index is 2.49. The number of aryl methyl sites for hydroxylation is 1. The number of halogens is 1. The molecule has 0 heterocycles. The highest BCUT2D eigenvalue weighted by Crippen LogP contribution is 2.19. The third-order valence-corrected chi connectivity index (χ3v) is 2.95. The lowest BCUT2D eigenvalue weighted by Crippen LogP contribution is -3.06. The molecule has 2 amide bonds. The van der Waals surface area contributed by atoms with Crippen molar-refractivity contribution >= 4 is 29.1 Å². The Morgan fingerprint density at radius 2 is 1.95 bits per heavy atom. The van der Waals surface area contributed by atoms with E-state index in [2.05, 4.69) is 10.6 Å². The zero-order valence-corrected chi connectivity index (χ0v) is 12.1. The maximum Gasteiger partial charge on any atom is 0.313 e. The van der Waals surface area contributed by atoms with Gasteiger partial charge in [-0.2, -0.15) is 0 Å². The van der Waals surface area contributed by atoms with Gasteiger partial charge in [0.05, 0.1) is 27.2 Å². The molecule has 6 heteroatoms. The number of carbonyl (C=O) groups excluding carboxylic acids is 2. The Hall–Kier alpha value is -1.59. The van der Waals surface area contributed by atoms with E-state index in [1.54, 1.807) is 18.2 Å². The van der Waals surface area contributed by atoms with Crippen LogP contribution in [0.2, 0.25) is 5.02 Å². The molecule has 0 saturated heterocycles. The molecule has 0 saturated carbocycles. The van der Waals surface area contributed by atoms with Gasteiger partial charge in [0.15, 0.2) is 0 Å². The summed E-state index contributed by atoms with van der Waals surface area (Å²) in [7, 11) is 3.95. The standard InChI is InChI=1S/C13H18ClN3O2/c1-9-4-5-10(8-11(9)14)16-13(19)12(18)15-6-7-17(2)3/h4-5,8H,6-7H2,1-3H3,(H,15,18)(H,16,19)/p+1. The van der Waals surface area contributed by atoms with Gasteiger partial charge < -0.3 is 15.5 Å². The maximum absolute atomic E-state index is 11.6. The van der Waals surface area contributed by atoms with Gasteiger partial charge in [0.25, 0.3) is 0 Å². The van der Waals surface area contributed by atoms with Crippen molar-refractivity contribution in [2.75, 3.05) is 32.5 Å². The Bertz CT molecular complexity index is 475. The molecule has 0 aliphatic carbocycles. The van der Waals surface area contributed by atoms with Gasteiger partial charge in [0.2, 0.25) is 0 Å². The van der Waals surface area contributed by atoms with Gasteiger partial charge >= 0.3 is 11.8 Å². The summed E-state index contributed by atoms with van der Waals surface area (Å²) in [5, 5.41) is 5.61. The number of benzene rings is 1. The summed E-state index contributed by atoms with van der Waals surface area (Å²) in [5.41, 5.74) is 1.42. The first-order chi connectivity index (χ1) is 8.90. The van der Waals surface area contributed by atoms with Crippen molar-refractivity contribution in [3.05, 3.63) is 28.8 Å². The molecule has 5 nitrogen and oxygen atoms in total. The number of nitrogens with one attached hydrogen (secondary N) is 3. The second-order valence-electron chi connectivity index (χ2n) is 4.63. The highest BCUT2D eigenvalue weighted by Gasteiger charge is 2.13. The van der Waals surface area contributed by atoms with E-state index in [1.165, 1.54) is 4.90 Å². The number of carbonyl (C=O) groups is 2. The predicted molar refractivity (Wildman–Crippen MR) is 75.5 cm³/mol. The first-order valence-electron chi connectivity index (χ1n) is 6.04. The first kappa shape index (κ1) is 15.5. The van der Waals surface area contributed by atoms with Crippen molar-refractivity contribution in [3.8, 4) is 0 Å². The molecule has 0 atom stereocenters. The smallest absolute Gasteiger partial charge is 0.313 e. The Kier molecular flexibility index (Phi) is 5.79. The fraction of sp³-hybridized carbons (Fsp3) is 0.385. The van der Waals surface area contributed by atoms with Crippen molar-refractivity contribution in [2.45, 2.75) is 6.92 Å². The lowest BCUT2D eigenvalue weighted by Gasteiger charge is -2.09. The number of hydrogen-bond acceptors (Lipinski definition) is 2. The normalized spacial score (nSPS) is 10.4. The van der Waals surface area contributed by atoms with Crippen LogP contribution in [0.25, 0.3) is 0 Å². The minimum atomic E-state index is -0.686. The van der Waals surface area contributed by atoms with Crippen LogP contribution in [-0.2, 0) is 9.59 Å². The van der Waals surface area contributed by atoms with E-state index in [-0.39, 0.29) is 0 Å². The summed E-state index contributed by atoms with van der Waals surface area (Å²) in [6.45, 7) is 3.09. The molecule has 0 bridgehead atoms. The van der Waals surface area contributed by atoms with Crippen LogP contribution in [0.5, 0.6) is 0 Å². The van der Waals surface area contributed by atoms with Crippen LogP contribution in [-0.4, -0.2) is 39.0 Å². The summed E-state index contributed by atoms with van der Waals surface area (Å²) in [6, 6.07) is 5.10. The van der Waals surface area contributed by atoms with Crippen molar-refractivity contribution < 1.29 is 14.5 Å². The Labute approximate surface area is 117 Å². The summed E-state index contributed by atoms with van der Waals surface area (Å²) >= 11 is 5.94. The van der Waals surface area contributed by atoms with Gasteiger partial charge in [-0.1, -0.05) is 17.7 Å². The monoisotopic (exact) mass is 284 g/mol. The van der Waals surface area contributed by atoms with Crippen LogP contribution >= 0.6 is 11.6 Å². The lowest BCUT2D eigenvalue weighted by atomic mass is 10.2. The van der Waals surface area contributed by atoms with Gasteiger partial charge in [-0.15, -0.1) is 0 Å². The minimum Gasteiger partial charge on any atom is -0.342 e. The molecular formula is C13H19ClN3O2+. The Morgan fingerprint density at radius 1 is 1.26 bits per heavy atom. The molecule has 0 aromatic heterocycles. The highest BCUT2D eigenvalue weighted by atomic mass is 35.5. The lowest BCUT2D eigenvalue weighted by molar-refractivity contribution is -0.856. The number of hydrogen-bond donors (Lipinski definition) is 3. The van der Waals surface area contributed by atoms with Crippen molar-refractivity contribution in [3.63, 3.8) is 0 Å². The largest absolute Gasteiger partial charge is 0.342 e. The molecule has 3 N–H and O–H groups in total. The quantitative estimate of drug-likeness (QED) is 0.673. The zero-order chi connectivity index (χ0) is 14.4. The molecule has 19 heavy (non-hydrogen) atoms. The second-order valence-corrected chi connectivity index (χ2v) is 5.04. The molecule has 0 aliphatic rings. The molecule has 0 unspecified atom stereocenters. The van der Waals surface area contributed by atoms with Crippen LogP contribution in [0.4, 0.5) is 5.69 Å². The van der Waals surface area contributed by atoms with E-state index in [0.29, 0.717) is 17.3 Å². The van der Waals surface area contributed by atoms with Crippen LogP contribution in [0, 0.1) is 6.92 Å². The topological polar surface area (TPSA) is 62.6 Å². The number of anilines is 1. The Morgan fingerprint density at radius 3 is 2.53 bits per heavy atom. The molecule has 1 rings (SSSR count). The number of likely N-dealkylation sites (N-methyl/N-ethyl adjacent to an activating group) is 1. The van der Waals surface area contributed by atoms with Gasteiger partial charge in [-0.3, -0.25) is 9.59 Å². The summed E-state index contributed by atoms with van der Waals surface area (Å²) in [6.07, 6.45) is 0. The molecule has 0 aliphatic heterocycles. The average molecular weight is 285 g/mol. The van der Waals surface area contributed by atoms with E-state index >= 15 is 0 Å². The maximum atomic E-state index is 11.6. The summed E-state index contributed by atoms with van der Waals surface area (Å²) < 4.78 is 0. The van der Waals surface area contributed by atoms with E-state index in [9.17, 15) is 9.59 Å². The van der Waals surface area contributed by atoms with Crippen molar-refractivity contribution in [1.29, 1.82) is 0 Å². The summed E-state index contributed by atoms with van der Waals surface area (Å²) in [4.78, 5) is 24.3. The van der Waals surface area contributed by atoms with Gasteiger partial charge in [0.1, 0.15) is 0 Å². The number of quaternary nitrogens is 1. The van der Waals surface area contributed by atoms with Gasteiger partial charge in [-0.25, -0.2) is 0 Å². The minimum absolute atomic E-state index is 0.462. The average Bonchev–Trinajstić information content (AvgIpc) is 2.33. The van der Waals surface area contributed by atoms with Crippen LogP contribution < -0.4 is 15.5 Å². The molecular weight excluding hydrogens is 266 g/mol. The van der Waals surface area contributed by atoms with Gasteiger partial charge in [-0.05, 0) is 24.6 Å². The number of rotatable bonds is 4. The number of amides is 2. The SMILES string of the molecule is Cc1ccc(NC(=O)C(=O)NCC[NH+](C)C)cc1Cl. The summed E-state index contributed by atoms with van der Waals surface area (Å²) in [5.74, 6) is -1.33. The van der Waals surface area contributed by atoms with E-state index < -0.39 is 11.8 Å². The van der Waals surface area contributed by atoms with E-state index in [0.717, 1.165) is 12.1 Å². The van der Waals surface area contributed by atoms with E-state index in [4.69, 9.17) is 11.6 Å². The molecule has 0 radical (unpaired) electrons. The first-order valence-corrected chi connectivity index (χ1v) is 6.42. The molecule has 0 spiro atoms.